The van der Waals surface area contributed by atoms with Crippen LogP contribution in [0.15, 0.2) is 18.2 Å². The number of nitro groups is 1. The predicted molar refractivity (Wildman–Crippen MR) is 94.3 cm³/mol. The second kappa shape index (κ2) is 8.25. The lowest BCUT2D eigenvalue weighted by atomic mass is 10.0. The summed E-state index contributed by atoms with van der Waals surface area (Å²) in [6, 6.07) is 4.63. The fraction of sp³-hybridized carbons (Fsp3) is 0.375. The van der Waals surface area contributed by atoms with E-state index in [1.54, 1.807) is 6.07 Å². The Kier molecular flexibility index (Phi) is 6.07. The quantitative estimate of drug-likeness (QED) is 0.421. The van der Waals surface area contributed by atoms with Crippen LogP contribution in [0.3, 0.4) is 0 Å². The van der Waals surface area contributed by atoms with Gasteiger partial charge in [-0.2, -0.15) is 4.98 Å². The Hall–Kier alpha value is -2.94. The van der Waals surface area contributed by atoms with E-state index in [1.807, 2.05) is 13.8 Å². The number of nitrogens with two attached hydrogens (primary N) is 2. The lowest BCUT2D eigenvalue weighted by Gasteiger charge is -2.12. The van der Waals surface area contributed by atoms with Gasteiger partial charge in [-0.3, -0.25) is 10.1 Å². The van der Waals surface area contributed by atoms with E-state index in [0.717, 1.165) is 0 Å². The molecule has 2 rings (SSSR count). The minimum atomic E-state index is -0.501. The number of nitrogen functional groups attached to an aromatic ring is 2. The monoisotopic (exact) mass is 347 g/mol. The number of aromatic nitrogens is 2. The molecule has 0 amide bonds. The molecule has 134 valence electrons. The standard InChI is InChI=1S/C16H21N5O4/c1-3-11-14(15(17)20-16(18)19-11)10-5-6-13(12(9-10)21(22)23)25-8-7-24-4-2/h5-6,9H,3-4,7-8H2,1-2H3,(H4,17,18,19,20). The minimum Gasteiger partial charge on any atom is -0.484 e. The van der Waals surface area contributed by atoms with Gasteiger partial charge >= 0.3 is 5.69 Å². The van der Waals surface area contributed by atoms with Gasteiger partial charge < -0.3 is 20.9 Å². The zero-order chi connectivity index (χ0) is 18.4. The van der Waals surface area contributed by atoms with Crippen molar-refractivity contribution in [3.63, 3.8) is 0 Å². The third kappa shape index (κ3) is 4.32. The summed E-state index contributed by atoms with van der Waals surface area (Å²) in [7, 11) is 0. The number of nitrogens with zero attached hydrogens (tertiary/aromatic N) is 3. The van der Waals surface area contributed by atoms with Crippen molar-refractivity contribution in [2.45, 2.75) is 20.3 Å². The Morgan fingerprint density at radius 2 is 1.96 bits per heavy atom. The van der Waals surface area contributed by atoms with E-state index >= 15 is 0 Å². The van der Waals surface area contributed by atoms with Crippen LogP contribution in [0.2, 0.25) is 0 Å². The van der Waals surface area contributed by atoms with Gasteiger partial charge in [0, 0.05) is 18.2 Å². The molecule has 0 radical (unpaired) electrons. The summed E-state index contributed by atoms with van der Waals surface area (Å²) < 4.78 is 10.6. The Bertz CT molecular complexity index is 766. The number of benzene rings is 1. The Labute approximate surface area is 145 Å². The van der Waals surface area contributed by atoms with E-state index in [-0.39, 0.29) is 29.8 Å². The Balaban J connectivity index is 2.41. The zero-order valence-electron chi connectivity index (χ0n) is 14.2. The summed E-state index contributed by atoms with van der Waals surface area (Å²) >= 11 is 0. The predicted octanol–water partition coefficient (Wildman–Crippen LogP) is 2.19. The molecule has 1 aromatic heterocycles. The summed E-state index contributed by atoms with van der Waals surface area (Å²) in [5.74, 6) is 0.425. The fourth-order valence-electron chi connectivity index (χ4n) is 2.41. The highest BCUT2D eigenvalue weighted by Crippen LogP contribution is 2.35. The molecule has 0 fully saturated rings. The summed E-state index contributed by atoms with van der Waals surface area (Å²) in [6.45, 7) is 4.89. The smallest absolute Gasteiger partial charge is 0.311 e. The summed E-state index contributed by atoms with van der Waals surface area (Å²) in [5, 5.41) is 11.4. The average molecular weight is 347 g/mol. The Morgan fingerprint density at radius 3 is 2.60 bits per heavy atom. The molecular weight excluding hydrogens is 326 g/mol. The van der Waals surface area contributed by atoms with Gasteiger partial charge in [0.1, 0.15) is 12.4 Å². The van der Waals surface area contributed by atoms with Crippen LogP contribution in [0.4, 0.5) is 17.5 Å². The van der Waals surface area contributed by atoms with Gasteiger partial charge in [0.05, 0.1) is 17.2 Å². The molecule has 0 aliphatic carbocycles. The van der Waals surface area contributed by atoms with Crippen LogP contribution >= 0.6 is 0 Å². The highest BCUT2D eigenvalue weighted by molar-refractivity contribution is 5.79. The number of hydrogen-bond acceptors (Lipinski definition) is 8. The SMILES string of the molecule is CCOCCOc1ccc(-c2c(N)nc(N)nc2CC)cc1[N+](=O)[O-]. The van der Waals surface area contributed by atoms with Crippen molar-refractivity contribution in [3.8, 4) is 16.9 Å². The van der Waals surface area contributed by atoms with E-state index in [2.05, 4.69) is 9.97 Å². The van der Waals surface area contributed by atoms with E-state index < -0.39 is 4.92 Å². The molecule has 2 aromatic rings. The van der Waals surface area contributed by atoms with Crippen molar-refractivity contribution in [2.75, 3.05) is 31.3 Å². The van der Waals surface area contributed by atoms with E-state index in [9.17, 15) is 10.1 Å². The van der Waals surface area contributed by atoms with Crippen LogP contribution in [0.1, 0.15) is 19.5 Å². The van der Waals surface area contributed by atoms with Crippen molar-refractivity contribution in [1.29, 1.82) is 0 Å². The first-order chi connectivity index (χ1) is 12.0. The van der Waals surface area contributed by atoms with E-state index in [1.165, 1.54) is 12.1 Å². The third-order valence-corrected chi connectivity index (χ3v) is 3.50. The van der Waals surface area contributed by atoms with Crippen LogP contribution < -0.4 is 16.2 Å². The Morgan fingerprint density at radius 1 is 1.20 bits per heavy atom. The molecule has 4 N–H and O–H groups in total. The summed E-state index contributed by atoms with van der Waals surface area (Å²) in [6.07, 6.45) is 0.562. The number of ether oxygens (including phenoxy) is 2. The van der Waals surface area contributed by atoms with Crippen LogP contribution in [-0.2, 0) is 11.2 Å². The average Bonchev–Trinajstić information content (AvgIpc) is 2.58. The van der Waals surface area contributed by atoms with E-state index in [4.69, 9.17) is 20.9 Å². The molecule has 0 bridgehead atoms. The minimum absolute atomic E-state index is 0.0727. The number of rotatable bonds is 8. The van der Waals surface area contributed by atoms with Gasteiger partial charge in [0.2, 0.25) is 5.95 Å². The lowest BCUT2D eigenvalue weighted by Crippen LogP contribution is -2.08. The maximum absolute atomic E-state index is 11.4. The molecule has 0 aliphatic rings. The number of hydrogen-bond donors (Lipinski definition) is 2. The normalized spacial score (nSPS) is 10.6. The van der Waals surface area contributed by atoms with Gasteiger partial charge in [-0.1, -0.05) is 6.92 Å². The summed E-state index contributed by atoms with van der Waals surface area (Å²) in [4.78, 5) is 19.0. The van der Waals surface area contributed by atoms with Gasteiger partial charge in [-0.15, -0.1) is 0 Å². The largest absolute Gasteiger partial charge is 0.484 e. The second-order valence-electron chi connectivity index (χ2n) is 5.13. The molecule has 1 heterocycles. The van der Waals surface area contributed by atoms with Crippen LogP contribution in [-0.4, -0.2) is 34.7 Å². The van der Waals surface area contributed by atoms with Crippen molar-refractivity contribution in [3.05, 3.63) is 34.0 Å². The van der Waals surface area contributed by atoms with Crippen molar-refractivity contribution < 1.29 is 14.4 Å². The van der Waals surface area contributed by atoms with Gasteiger partial charge in [-0.25, -0.2) is 4.98 Å². The van der Waals surface area contributed by atoms with Crippen molar-refractivity contribution >= 4 is 17.5 Å². The number of aryl methyl sites for hydroxylation is 1. The molecule has 0 unspecified atom stereocenters. The first-order valence-corrected chi connectivity index (χ1v) is 7.89. The molecular formula is C16H21N5O4. The first kappa shape index (κ1) is 18.4. The maximum Gasteiger partial charge on any atom is 0.311 e. The lowest BCUT2D eigenvalue weighted by molar-refractivity contribution is -0.385. The molecule has 0 saturated heterocycles. The molecule has 9 heteroatoms. The fourth-order valence-corrected chi connectivity index (χ4v) is 2.41. The molecule has 0 spiro atoms. The van der Waals surface area contributed by atoms with Gasteiger partial charge in [-0.05, 0) is 31.0 Å². The third-order valence-electron chi connectivity index (χ3n) is 3.50. The summed E-state index contributed by atoms with van der Waals surface area (Å²) in [5.41, 5.74) is 13.1. The second-order valence-corrected chi connectivity index (χ2v) is 5.13. The topological polar surface area (TPSA) is 139 Å². The molecule has 0 saturated carbocycles. The molecule has 9 nitrogen and oxygen atoms in total. The molecule has 0 atom stereocenters. The van der Waals surface area contributed by atoms with Crippen molar-refractivity contribution in [2.24, 2.45) is 0 Å². The molecule has 25 heavy (non-hydrogen) atoms. The van der Waals surface area contributed by atoms with E-state index in [0.29, 0.717) is 36.5 Å². The number of anilines is 2. The highest BCUT2D eigenvalue weighted by Gasteiger charge is 2.20. The maximum atomic E-state index is 11.4. The van der Waals surface area contributed by atoms with Crippen LogP contribution in [0.25, 0.3) is 11.1 Å². The van der Waals surface area contributed by atoms with Crippen LogP contribution in [0, 0.1) is 10.1 Å². The van der Waals surface area contributed by atoms with Crippen molar-refractivity contribution in [1.82, 2.24) is 9.97 Å². The van der Waals surface area contributed by atoms with Gasteiger partial charge in [0.25, 0.3) is 0 Å². The van der Waals surface area contributed by atoms with Crippen LogP contribution in [0.5, 0.6) is 5.75 Å². The number of nitro benzene ring substituents is 1. The highest BCUT2D eigenvalue weighted by atomic mass is 16.6. The first-order valence-electron chi connectivity index (χ1n) is 7.89. The van der Waals surface area contributed by atoms with Gasteiger partial charge in [0.15, 0.2) is 5.75 Å². The zero-order valence-corrected chi connectivity index (χ0v) is 14.2. The molecule has 0 aliphatic heterocycles. The molecule has 1 aromatic carbocycles.